The number of carbonyl (C=O) groups is 3. The Morgan fingerprint density at radius 2 is 1.97 bits per heavy atom. The van der Waals surface area contributed by atoms with Crippen LogP contribution in [0.5, 0.6) is 0 Å². The fourth-order valence-electron chi connectivity index (χ4n) is 5.73. The molecule has 2 aromatic heterocycles. The zero-order valence-electron chi connectivity index (χ0n) is 20.8. The van der Waals surface area contributed by atoms with Crippen molar-refractivity contribution in [1.82, 2.24) is 15.5 Å². The van der Waals surface area contributed by atoms with E-state index in [0.29, 0.717) is 61.2 Å². The maximum Gasteiger partial charge on any atom is 0.257 e. The Morgan fingerprint density at radius 1 is 1.22 bits per heavy atom. The van der Waals surface area contributed by atoms with Crippen LogP contribution >= 0.6 is 0 Å². The van der Waals surface area contributed by atoms with E-state index in [2.05, 4.69) is 33.0 Å². The van der Waals surface area contributed by atoms with Gasteiger partial charge in [0.15, 0.2) is 0 Å². The summed E-state index contributed by atoms with van der Waals surface area (Å²) in [6, 6.07) is 0.975. The largest absolute Gasteiger partial charge is 0.381 e. The summed E-state index contributed by atoms with van der Waals surface area (Å²) in [4.78, 5) is 43.9. The molecule has 1 spiro atoms. The molecule has 2 aliphatic heterocycles. The van der Waals surface area contributed by atoms with Crippen LogP contribution in [0, 0.1) is 11.8 Å². The van der Waals surface area contributed by atoms with Crippen molar-refractivity contribution in [3.05, 3.63) is 35.3 Å². The summed E-state index contributed by atoms with van der Waals surface area (Å²) in [7, 11) is 0. The molecular formula is C26H33N5O5. The Morgan fingerprint density at radius 3 is 2.69 bits per heavy atom. The van der Waals surface area contributed by atoms with Crippen molar-refractivity contribution in [2.75, 3.05) is 23.8 Å². The van der Waals surface area contributed by atoms with E-state index in [1.807, 2.05) is 6.92 Å². The highest BCUT2D eigenvalue weighted by Crippen LogP contribution is 2.44. The van der Waals surface area contributed by atoms with Crippen molar-refractivity contribution >= 4 is 29.2 Å². The van der Waals surface area contributed by atoms with E-state index in [9.17, 15) is 14.4 Å². The Bertz CT molecular complexity index is 1150. The van der Waals surface area contributed by atoms with Crippen LogP contribution < -0.4 is 16.0 Å². The lowest BCUT2D eigenvalue weighted by Crippen LogP contribution is -2.49. The first kappa shape index (κ1) is 24.4. The van der Waals surface area contributed by atoms with E-state index in [1.165, 1.54) is 6.26 Å². The molecule has 1 atom stereocenters. The Balaban J connectivity index is 1.35. The van der Waals surface area contributed by atoms with Gasteiger partial charge in [0.05, 0.1) is 16.8 Å². The Labute approximate surface area is 209 Å². The van der Waals surface area contributed by atoms with Gasteiger partial charge in [-0.3, -0.25) is 14.4 Å². The topological polar surface area (TPSA) is 135 Å². The lowest BCUT2D eigenvalue weighted by atomic mass is 9.76. The fraction of sp³-hybridized carbons (Fsp3) is 0.577. The van der Waals surface area contributed by atoms with Crippen molar-refractivity contribution in [2.24, 2.45) is 11.8 Å². The van der Waals surface area contributed by atoms with Gasteiger partial charge in [-0.1, -0.05) is 31.8 Å². The van der Waals surface area contributed by atoms with Gasteiger partial charge < -0.3 is 25.2 Å². The summed E-state index contributed by atoms with van der Waals surface area (Å²) in [6.07, 6.45) is 8.47. The molecule has 36 heavy (non-hydrogen) atoms. The van der Waals surface area contributed by atoms with Gasteiger partial charge in [0, 0.05) is 31.0 Å². The molecule has 2 fully saturated rings. The first-order valence-electron chi connectivity index (χ1n) is 12.9. The quantitative estimate of drug-likeness (QED) is 0.560. The highest BCUT2D eigenvalue weighted by Gasteiger charge is 2.48. The van der Waals surface area contributed by atoms with Gasteiger partial charge >= 0.3 is 0 Å². The van der Waals surface area contributed by atoms with Gasteiger partial charge in [-0.05, 0) is 43.9 Å². The van der Waals surface area contributed by atoms with Gasteiger partial charge in [0.25, 0.3) is 5.91 Å². The normalized spacial score (nSPS) is 23.6. The third kappa shape index (κ3) is 4.50. The van der Waals surface area contributed by atoms with Gasteiger partial charge in [-0.25, -0.2) is 4.98 Å². The summed E-state index contributed by atoms with van der Waals surface area (Å²) >= 11 is 0. The number of aromatic nitrogens is 2. The number of nitrogens with one attached hydrogen (secondary N) is 3. The number of amides is 3. The van der Waals surface area contributed by atoms with Crippen LogP contribution in [0.15, 0.2) is 23.0 Å². The van der Waals surface area contributed by atoms with Crippen LogP contribution in [0.1, 0.15) is 74.0 Å². The molecule has 1 saturated carbocycles. The zero-order chi connectivity index (χ0) is 25.3. The second-order valence-corrected chi connectivity index (χ2v) is 10.3. The average Bonchev–Trinajstić information content (AvgIpc) is 3.46. The van der Waals surface area contributed by atoms with E-state index < -0.39 is 11.5 Å². The number of pyridine rings is 1. The Hall–Kier alpha value is -3.27. The van der Waals surface area contributed by atoms with Crippen LogP contribution in [0.4, 0.5) is 11.5 Å². The number of anilines is 2. The van der Waals surface area contributed by atoms with E-state index in [0.717, 1.165) is 31.2 Å². The van der Waals surface area contributed by atoms with E-state index in [-0.39, 0.29) is 23.6 Å². The molecule has 3 N–H and O–H groups in total. The number of rotatable bonds is 6. The Kier molecular flexibility index (Phi) is 6.79. The maximum absolute atomic E-state index is 13.5. The number of fused-ring (bicyclic) bond motifs is 2. The first-order chi connectivity index (χ1) is 17.4. The highest BCUT2D eigenvalue weighted by atomic mass is 16.5. The predicted molar refractivity (Wildman–Crippen MR) is 131 cm³/mol. The van der Waals surface area contributed by atoms with Crippen LogP contribution in [-0.2, 0) is 26.2 Å². The minimum atomic E-state index is -0.726. The molecule has 0 radical (unpaired) electrons. The van der Waals surface area contributed by atoms with Crippen LogP contribution in [0.2, 0.25) is 0 Å². The lowest BCUT2D eigenvalue weighted by Gasteiger charge is -2.32. The lowest BCUT2D eigenvalue weighted by molar-refractivity contribution is -0.124. The molecule has 0 bridgehead atoms. The summed E-state index contributed by atoms with van der Waals surface area (Å²) < 4.78 is 10.4. The molecule has 10 heteroatoms. The maximum atomic E-state index is 13.5. The molecule has 5 rings (SSSR count). The van der Waals surface area contributed by atoms with E-state index in [1.54, 1.807) is 12.3 Å². The van der Waals surface area contributed by atoms with Gasteiger partial charge in [-0.2, -0.15) is 0 Å². The van der Waals surface area contributed by atoms with Gasteiger partial charge in [0.1, 0.15) is 23.7 Å². The number of hydrogen-bond acceptors (Lipinski definition) is 7. The SMILES string of the molecule is CCc1nocc1C(=O)N[C@H](C(=O)Nc1cc2c(cn1)C1(CCOCC1)C(=O)N2)C1CCC(C)CC1. The molecule has 1 aliphatic carbocycles. The van der Waals surface area contributed by atoms with Crippen LogP contribution in [0.3, 0.4) is 0 Å². The highest BCUT2D eigenvalue weighted by molar-refractivity contribution is 6.07. The molecule has 3 amide bonds. The standard InChI is InChI=1S/C26H33N5O5/c1-3-19-17(14-36-31-19)23(32)30-22(16-6-4-15(2)5-7-16)24(33)29-21-12-20-18(13-27-21)26(25(34)28-20)8-10-35-11-9-26/h12-16,22H,3-11H2,1-2H3,(H,28,34)(H,30,32)(H,27,29,33)/t15?,16?,22-/m0/s1. The molecule has 10 nitrogen and oxygen atoms in total. The molecule has 3 aliphatic rings. The first-order valence-corrected chi connectivity index (χ1v) is 12.9. The summed E-state index contributed by atoms with van der Waals surface area (Å²) in [5.41, 5.74) is 1.80. The third-order valence-corrected chi connectivity index (χ3v) is 8.02. The second kappa shape index (κ2) is 10.0. The van der Waals surface area contributed by atoms with E-state index in [4.69, 9.17) is 9.26 Å². The summed E-state index contributed by atoms with van der Waals surface area (Å²) in [6.45, 7) is 5.16. The monoisotopic (exact) mass is 495 g/mol. The fourth-order valence-corrected chi connectivity index (χ4v) is 5.73. The average molecular weight is 496 g/mol. The minimum Gasteiger partial charge on any atom is -0.381 e. The smallest absolute Gasteiger partial charge is 0.257 e. The minimum absolute atomic E-state index is 0.00900. The van der Waals surface area contributed by atoms with Crippen molar-refractivity contribution in [2.45, 2.75) is 70.3 Å². The van der Waals surface area contributed by atoms with Crippen molar-refractivity contribution in [3.63, 3.8) is 0 Å². The van der Waals surface area contributed by atoms with E-state index >= 15 is 0 Å². The molecule has 192 valence electrons. The number of ether oxygens (including phenoxy) is 1. The molecule has 2 aromatic rings. The third-order valence-electron chi connectivity index (χ3n) is 8.02. The van der Waals surface area contributed by atoms with Crippen molar-refractivity contribution in [1.29, 1.82) is 0 Å². The second-order valence-electron chi connectivity index (χ2n) is 10.3. The molecule has 4 heterocycles. The van der Waals surface area contributed by atoms with Gasteiger partial charge in [-0.15, -0.1) is 0 Å². The van der Waals surface area contributed by atoms with Crippen molar-refractivity contribution in [3.8, 4) is 0 Å². The zero-order valence-corrected chi connectivity index (χ0v) is 20.8. The number of nitrogens with zero attached hydrogens (tertiary/aromatic N) is 2. The van der Waals surface area contributed by atoms with Gasteiger partial charge in [0.2, 0.25) is 11.8 Å². The molecule has 0 aromatic carbocycles. The molecule has 0 unspecified atom stereocenters. The summed E-state index contributed by atoms with van der Waals surface area (Å²) in [5, 5.41) is 12.7. The summed E-state index contributed by atoms with van der Waals surface area (Å²) in [5.74, 6) is 0.205. The predicted octanol–water partition coefficient (Wildman–Crippen LogP) is 3.20. The number of hydrogen-bond donors (Lipinski definition) is 3. The molecular weight excluding hydrogens is 462 g/mol. The molecule has 1 saturated heterocycles. The van der Waals surface area contributed by atoms with Crippen molar-refractivity contribution < 1.29 is 23.6 Å². The van der Waals surface area contributed by atoms with Crippen LogP contribution in [-0.4, -0.2) is 47.1 Å². The van der Waals surface area contributed by atoms with Crippen LogP contribution in [0.25, 0.3) is 0 Å². The number of aryl methyl sites for hydroxylation is 1. The number of carbonyl (C=O) groups excluding carboxylic acids is 3.